The highest BCUT2D eigenvalue weighted by Gasteiger charge is 2.55. The van der Waals surface area contributed by atoms with Gasteiger partial charge in [0.15, 0.2) is 0 Å². The molecule has 0 saturated heterocycles. The molecule has 0 spiro atoms. The number of benzene rings is 1. The quantitative estimate of drug-likeness (QED) is 0.574. The van der Waals surface area contributed by atoms with E-state index in [9.17, 15) is 22.8 Å². The number of para-hydroxylation sites is 1. The summed E-state index contributed by atoms with van der Waals surface area (Å²) in [6, 6.07) is 4.12. The molecule has 0 radical (unpaired) electrons. The molecule has 1 aromatic carbocycles. The molecule has 2 amide bonds. The van der Waals surface area contributed by atoms with Crippen molar-refractivity contribution in [3.63, 3.8) is 0 Å². The summed E-state index contributed by atoms with van der Waals surface area (Å²) in [5, 5.41) is 2.94. The van der Waals surface area contributed by atoms with E-state index in [1.165, 1.54) is 37.5 Å². The van der Waals surface area contributed by atoms with Crippen LogP contribution >= 0.6 is 0 Å². The van der Waals surface area contributed by atoms with Crippen molar-refractivity contribution in [1.29, 1.82) is 0 Å². The van der Waals surface area contributed by atoms with Gasteiger partial charge in [0.2, 0.25) is 5.91 Å². The first-order valence-electron chi connectivity index (χ1n) is 11.1. The molecule has 4 fully saturated rings. The highest BCUT2D eigenvalue weighted by Crippen LogP contribution is 2.60. The van der Waals surface area contributed by atoms with Crippen LogP contribution < -0.4 is 16.2 Å². The van der Waals surface area contributed by atoms with Crippen LogP contribution in [0.4, 0.5) is 18.9 Å². The van der Waals surface area contributed by atoms with Crippen molar-refractivity contribution in [2.24, 2.45) is 29.1 Å². The van der Waals surface area contributed by atoms with E-state index < -0.39 is 29.1 Å². The first kappa shape index (κ1) is 22.0. The topological polar surface area (TPSA) is 70.2 Å². The Bertz CT molecular complexity index is 817. The maximum atomic E-state index is 13.3. The van der Waals surface area contributed by atoms with E-state index in [-0.39, 0.29) is 17.5 Å². The largest absolute Gasteiger partial charge is 0.418 e. The third kappa shape index (κ3) is 4.39. The fourth-order valence-electron chi connectivity index (χ4n) is 6.26. The number of hydrogen-bond donors (Lipinski definition) is 3. The number of anilines is 1. The number of alkyl halides is 3. The van der Waals surface area contributed by atoms with Crippen molar-refractivity contribution in [1.82, 2.24) is 10.7 Å². The first-order valence-corrected chi connectivity index (χ1v) is 11.1. The van der Waals surface area contributed by atoms with Crippen LogP contribution in [0, 0.1) is 29.1 Å². The standard InChI is InChI=1S/C23H30F3N3O2/c1-13(2)19(20(30)29-28-18-6-4-3-5-17(18)23(24,25)26)27-21(31)22-10-14-7-15(11-22)9-16(8-14)12-22/h3-6,13-16,19,28H,7-12H2,1-2H3,(H,27,31)(H,29,30). The van der Waals surface area contributed by atoms with Crippen LogP contribution in [0.1, 0.15) is 57.9 Å². The molecule has 5 rings (SSSR count). The summed E-state index contributed by atoms with van der Waals surface area (Å²) in [5.74, 6) is 0.968. The molecule has 0 heterocycles. The van der Waals surface area contributed by atoms with Crippen LogP contribution in [-0.4, -0.2) is 17.9 Å². The first-order chi connectivity index (χ1) is 14.6. The van der Waals surface area contributed by atoms with Gasteiger partial charge in [-0.1, -0.05) is 26.0 Å². The minimum atomic E-state index is -4.54. The Kier molecular flexibility index (Phi) is 5.68. The average Bonchev–Trinajstić information content (AvgIpc) is 2.68. The van der Waals surface area contributed by atoms with Crippen LogP contribution in [0.5, 0.6) is 0 Å². The number of nitrogens with one attached hydrogen (secondary N) is 3. The molecule has 1 aromatic rings. The Morgan fingerprint density at radius 3 is 2.06 bits per heavy atom. The SMILES string of the molecule is CC(C)C(NC(=O)C12CC3CC(CC(C3)C1)C2)C(=O)NNc1ccccc1C(F)(F)F. The Hall–Kier alpha value is -2.25. The number of amides is 2. The predicted octanol–water partition coefficient (Wildman–Crippen LogP) is 4.51. The Morgan fingerprint density at radius 1 is 1.00 bits per heavy atom. The fourth-order valence-corrected chi connectivity index (χ4v) is 6.26. The molecule has 4 bridgehead atoms. The van der Waals surface area contributed by atoms with E-state index in [0.29, 0.717) is 17.8 Å². The number of carbonyl (C=O) groups is 2. The second-order valence-electron chi connectivity index (χ2n) is 10.1. The molecule has 170 valence electrons. The van der Waals surface area contributed by atoms with Gasteiger partial charge < -0.3 is 5.32 Å². The van der Waals surface area contributed by atoms with Crippen molar-refractivity contribution >= 4 is 17.5 Å². The lowest BCUT2D eigenvalue weighted by Gasteiger charge is -2.55. The van der Waals surface area contributed by atoms with Crippen molar-refractivity contribution in [3.05, 3.63) is 29.8 Å². The normalized spacial score (nSPS) is 30.2. The number of rotatable bonds is 6. The van der Waals surface area contributed by atoms with Gasteiger partial charge in [0.25, 0.3) is 5.91 Å². The summed E-state index contributed by atoms with van der Waals surface area (Å²) in [4.78, 5) is 26.1. The summed E-state index contributed by atoms with van der Waals surface area (Å²) in [6.45, 7) is 3.63. The van der Waals surface area contributed by atoms with Gasteiger partial charge in [-0.3, -0.25) is 20.4 Å². The highest BCUT2D eigenvalue weighted by atomic mass is 19.4. The van der Waals surface area contributed by atoms with E-state index >= 15 is 0 Å². The molecular weight excluding hydrogens is 407 g/mol. The van der Waals surface area contributed by atoms with Crippen LogP contribution in [0.3, 0.4) is 0 Å². The zero-order valence-electron chi connectivity index (χ0n) is 17.9. The third-order valence-corrected chi connectivity index (χ3v) is 7.31. The van der Waals surface area contributed by atoms with Crippen molar-refractivity contribution in [2.75, 3.05) is 5.43 Å². The van der Waals surface area contributed by atoms with Crippen LogP contribution in [-0.2, 0) is 15.8 Å². The summed E-state index contributed by atoms with van der Waals surface area (Å²) in [5.41, 5.74) is 3.27. The summed E-state index contributed by atoms with van der Waals surface area (Å²) < 4.78 is 39.5. The summed E-state index contributed by atoms with van der Waals surface area (Å²) in [6.07, 6.45) is 1.74. The molecule has 31 heavy (non-hydrogen) atoms. The van der Waals surface area contributed by atoms with E-state index in [1.807, 2.05) is 13.8 Å². The van der Waals surface area contributed by atoms with Crippen LogP contribution in [0.25, 0.3) is 0 Å². The summed E-state index contributed by atoms with van der Waals surface area (Å²) >= 11 is 0. The Morgan fingerprint density at radius 2 is 1.55 bits per heavy atom. The number of halogens is 3. The van der Waals surface area contributed by atoms with Crippen LogP contribution in [0.2, 0.25) is 0 Å². The second kappa shape index (κ2) is 8.02. The summed E-state index contributed by atoms with van der Waals surface area (Å²) in [7, 11) is 0. The van der Waals surface area contributed by atoms with Crippen molar-refractivity contribution in [3.8, 4) is 0 Å². The lowest BCUT2D eigenvalue weighted by molar-refractivity contribution is -0.149. The fraction of sp³-hybridized carbons (Fsp3) is 0.652. The smallest absolute Gasteiger partial charge is 0.344 e. The number of hydrogen-bond acceptors (Lipinski definition) is 3. The van der Waals surface area contributed by atoms with Crippen molar-refractivity contribution in [2.45, 2.75) is 64.6 Å². The van der Waals surface area contributed by atoms with Gasteiger partial charge in [0.1, 0.15) is 6.04 Å². The minimum Gasteiger partial charge on any atom is -0.344 e. The van der Waals surface area contributed by atoms with E-state index in [2.05, 4.69) is 16.2 Å². The number of hydrazine groups is 1. The second-order valence-corrected chi connectivity index (χ2v) is 10.1. The van der Waals surface area contributed by atoms with Gasteiger partial charge in [0, 0.05) is 5.41 Å². The zero-order valence-corrected chi connectivity index (χ0v) is 17.9. The minimum absolute atomic E-state index is 0.0730. The molecule has 4 aliphatic rings. The van der Waals surface area contributed by atoms with Gasteiger partial charge in [-0.25, -0.2) is 0 Å². The van der Waals surface area contributed by atoms with E-state index in [1.54, 1.807) is 0 Å². The molecule has 1 atom stereocenters. The van der Waals surface area contributed by atoms with E-state index in [0.717, 1.165) is 25.3 Å². The Balaban J connectivity index is 1.43. The highest BCUT2D eigenvalue weighted by molar-refractivity contribution is 5.91. The molecule has 3 N–H and O–H groups in total. The average molecular weight is 438 g/mol. The van der Waals surface area contributed by atoms with Gasteiger partial charge in [-0.2, -0.15) is 13.2 Å². The predicted molar refractivity (Wildman–Crippen MR) is 111 cm³/mol. The third-order valence-electron chi connectivity index (χ3n) is 7.31. The molecule has 5 nitrogen and oxygen atoms in total. The molecule has 1 unspecified atom stereocenters. The number of carbonyl (C=O) groups excluding carboxylic acids is 2. The maximum absolute atomic E-state index is 13.3. The van der Waals surface area contributed by atoms with Crippen LogP contribution in [0.15, 0.2) is 24.3 Å². The molecule has 0 aromatic heterocycles. The maximum Gasteiger partial charge on any atom is 0.418 e. The molecule has 4 saturated carbocycles. The molecular formula is C23H30F3N3O2. The zero-order chi connectivity index (χ0) is 22.4. The molecule has 0 aliphatic heterocycles. The van der Waals surface area contributed by atoms with Gasteiger partial charge in [-0.15, -0.1) is 0 Å². The van der Waals surface area contributed by atoms with Gasteiger partial charge in [-0.05, 0) is 74.3 Å². The lowest BCUT2D eigenvalue weighted by Crippen LogP contribution is -2.58. The van der Waals surface area contributed by atoms with Crippen molar-refractivity contribution < 1.29 is 22.8 Å². The van der Waals surface area contributed by atoms with Gasteiger partial charge >= 0.3 is 6.18 Å². The molecule has 4 aliphatic carbocycles. The van der Waals surface area contributed by atoms with Gasteiger partial charge in [0.05, 0.1) is 11.3 Å². The monoisotopic (exact) mass is 437 g/mol. The lowest BCUT2D eigenvalue weighted by atomic mass is 9.49. The molecule has 8 heteroatoms. The Labute approximate surface area is 180 Å². The van der Waals surface area contributed by atoms with E-state index in [4.69, 9.17) is 0 Å².